The second kappa shape index (κ2) is 5.47. The molecule has 0 radical (unpaired) electrons. The number of Topliss-reactive ketones (excluding diaryl/α,β-unsaturated/α-hetero) is 1. The highest BCUT2D eigenvalue weighted by Gasteiger charge is 2.42. The van der Waals surface area contributed by atoms with Crippen molar-refractivity contribution in [3.63, 3.8) is 0 Å². The summed E-state index contributed by atoms with van der Waals surface area (Å²) < 4.78 is 12.1. The quantitative estimate of drug-likeness (QED) is 0.633. The molecule has 0 spiro atoms. The van der Waals surface area contributed by atoms with E-state index in [0.717, 1.165) is 31.2 Å². The Bertz CT molecular complexity index is 575. The van der Waals surface area contributed by atoms with Gasteiger partial charge in [-0.25, -0.2) is 0 Å². The minimum atomic E-state index is -1.39. The van der Waals surface area contributed by atoms with Gasteiger partial charge in [0.05, 0.1) is 8.07 Å². The van der Waals surface area contributed by atoms with E-state index in [1.54, 1.807) is 0 Å². The van der Waals surface area contributed by atoms with Gasteiger partial charge in [0, 0.05) is 32.8 Å². The fourth-order valence-corrected chi connectivity index (χ4v) is 6.93. The van der Waals surface area contributed by atoms with Crippen molar-refractivity contribution in [3.8, 4) is 0 Å². The molecule has 21 heavy (non-hydrogen) atoms. The lowest BCUT2D eigenvalue weighted by atomic mass is 9.90. The third kappa shape index (κ3) is 2.93. The molecule has 2 saturated heterocycles. The van der Waals surface area contributed by atoms with E-state index in [1.165, 1.54) is 5.19 Å². The largest absolute Gasteiger partial charge is 0.294 e. The lowest BCUT2D eigenvalue weighted by Crippen LogP contribution is -2.38. The highest BCUT2D eigenvalue weighted by atomic mass is 32.2. The number of hydrogen-bond acceptors (Lipinski definition) is 2. The molecule has 2 fully saturated rings. The standard InChI is InChI=1S/C17H24O2SSi/c1-21(2,3)16-6-4-5-12(11-16)17(18)13-9-14-7-8-15(10-13)20(14)19/h4-6,11,13-15H,7-10H2,1-3H3. The maximum atomic E-state index is 12.8. The Morgan fingerprint density at radius 3 is 2.33 bits per heavy atom. The van der Waals surface area contributed by atoms with Gasteiger partial charge in [-0.15, -0.1) is 0 Å². The topological polar surface area (TPSA) is 34.1 Å². The molecule has 114 valence electrons. The Morgan fingerprint density at radius 2 is 1.76 bits per heavy atom. The van der Waals surface area contributed by atoms with Crippen molar-refractivity contribution in [2.75, 3.05) is 0 Å². The summed E-state index contributed by atoms with van der Waals surface area (Å²) in [5, 5.41) is 1.89. The number of rotatable bonds is 3. The average Bonchev–Trinajstić information content (AvgIpc) is 2.66. The van der Waals surface area contributed by atoms with Crippen LogP contribution >= 0.6 is 0 Å². The van der Waals surface area contributed by atoms with Gasteiger partial charge in [0.15, 0.2) is 5.78 Å². The number of fused-ring (bicyclic) bond motifs is 2. The van der Waals surface area contributed by atoms with Gasteiger partial charge in [0.25, 0.3) is 0 Å². The van der Waals surface area contributed by atoms with Gasteiger partial charge >= 0.3 is 0 Å². The van der Waals surface area contributed by atoms with Gasteiger partial charge in [-0.3, -0.25) is 9.00 Å². The molecular formula is C17H24O2SSi. The highest BCUT2D eigenvalue weighted by molar-refractivity contribution is 7.86. The van der Waals surface area contributed by atoms with Crippen LogP contribution in [0.15, 0.2) is 24.3 Å². The Labute approximate surface area is 130 Å². The second-order valence-corrected chi connectivity index (χ2v) is 14.6. The maximum Gasteiger partial charge on any atom is 0.166 e. The lowest BCUT2D eigenvalue weighted by molar-refractivity contribution is 0.0906. The maximum absolute atomic E-state index is 12.8. The molecule has 2 heterocycles. The molecule has 1 aromatic carbocycles. The average molecular weight is 321 g/mol. The molecule has 2 unspecified atom stereocenters. The van der Waals surface area contributed by atoms with E-state index < -0.39 is 18.9 Å². The van der Waals surface area contributed by atoms with Crippen molar-refractivity contribution < 1.29 is 9.00 Å². The van der Waals surface area contributed by atoms with Crippen molar-refractivity contribution >= 4 is 29.8 Å². The predicted octanol–water partition coefficient (Wildman–Crippen LogP) is 3.10. The number of ketones is 1. The summed E-state index contributed by atoms with van der Waals surface area (Å²) in [6.07, 6.45) is 3.77. The molecular weight excluding hydrogens is 296 g/mol. The van der Waals surface area contributed by atoms with E-state index in [1.807, 2.05) is 12.1 Å². The third-order valence-electron chi connectivity index (χ3n) is 4.95. The van der Waals surface area contributed by atoms with Crippen LogP contribution in [0, 0.1) is 5.92 Å². The summed E-state index contributed by atoms with van der Waals surface area (Å²) in [6.45, 7) is 6.92. The summed E-state index contributed by atoms with van der Waals surface area (Å²) in [5.74, 6) is 0.376. The number of carbonyl (C=O) groups is 1. The zero-order chi connectivity index (χ0) is 15.2. The molecule has 1 aromatic rings. The van der Waals surface area contributed by atoms with Crippen molar-refractivity contribution in [2.45, 2.75) is 55.8 Å². The van der Waals surface area contributed by atoms with E-state index in [2.05, 4.69) is 31.8 Å². The first-order chi connectivity index (χ1) is 9.86. The summed E-state index contributed by atoms with van der Waals surface area (Å²) in [4.78, 5) is 12.8. The Hall–Kier alpha value is -0.743. The molecule has 4 heteroatoms. The van der Waals surface area contributed by atoms with Crippen molar-refractivity contribution in [3.05, 3.63) is 29.8 Å². The highest BCUT2D eigenvalue weighted by Crippen LogP contribution is 2.39. The molecule has 0 amide bonds. The fourth-order valence-electron chi connectivity index (χ4n) is 3.62. The third-order valence-corrected chi connectivity index (χ3v) is 9.16. The molecule has 3 rings (SSSR count). The molecule has 2 atom stereocenters. The molecule has 2 bridgehead atoms. The normalized spacial score (nSPS) is 32.1. The first-order valence-electron chi connectivity index (χ1n) is 7.90. The fraction of sp³-hybridized carbons (Fsp3) is 0.588. The van der Waals surface area contributed by atoms with Crippen LogP contribution in [0.4, 0.5) is 0 Å². The number of hydrogen-bond donors (Lipinski definition) is 0. The predicted molar refractivity (Wildman–Crippen MR) is 91.4 cm³/mol. The Kier molecular flexibility index (Phi) is 3.95. The van der Waals surface area contributed by atoms with E-state index in [9.17, 15) is 9.00 Å². The van der Waals surface area contributed by atoms with Gasteiger partial charge in [0.1, 0.15) is 0 Å². The molecule has 0 saturated carbocycles. The van der Waals surface area contributed by atoms with E-state index in [4.69, 9.17) is 0 Å². The Balaban J connectivity index is 1.82. The van der Waals surface area contributed by atoms with Crippen LogP contribution in [0.5, 0.6) is 0 Å². The first kappa shape index (κ1) is 15.2. The van der Waals surface area contributed by atoms with Crippen LogP contribution in [0.2, 0.25) is 19.6 Å². The second-order valence-electron chi connectivity index (χ2n) is 7.51. The van der Waals surface area contributed by atoms with Gasteiger partial charge in [-0.2, -0.15) is 0 Å². The van der Waals surface area contributed by atoms with Crippen LogP contribution < -0.4 is 5.19 Å². The monoisotopic (exact) mass is 320 g/mol. The van der Waals surface area contributed by atoms with Crippen LogP contribution in [-0.4, -0.2) is 28.6 Å². The molecule has 2 nitrogen and oxygen atoms in total. The van der Waals surface area contributed by atoms with Crippen molar-refractivity contribution in [2.24, 2.45) is 5.92 Å². The number of carbonyl (C=O) groups excluding carboxylic acids is 1. The van der Waals surface area contributed by atoms with Crippen LogP contribution in [0.1, 0.15) is 36.0 Å². The zero-order valence-electron chi connectivity index (χ0n) is 13.1. The lowest BCUT2D eigenvalue weighted by Gasteiger charge is -2.26. The van der Waals surface area contributed by atoms with E-state index in [-0.39, 0.29) is 22.2 Å². The van der Waals surface area contributed by atoms with Gasteiger partial charge in [0.2, 0.25) is 0 Å². The van der Waals surface area contributed by atoms with Crippen molar-refractivity contribution in [1.29, 1.82) is 0 Å². The van der Waals surface area contributed by atoms with Gasteiger partial charge < -0.3 is 0 Å². The van der Waals surface area contributed by atoms with Crippen LogP contribution in [0.3, 0.4) is 0 Å². The molecule has 0 aliphatic carbocycles. The molecule has 2 aliphatic heterocycles. The zero-order valence-corrected chi connectivity index (χ0v) is 14.9. The van der Waals surface area contributed by atoms with Crippen LogP contribution in [0.25, 0.3) is 0 Å². The minimum Gasteiger partial charge on any atom is -0.294 e. The number of benzene rings is 1. The summed E-state index contributed by atoms with van der Waals surface area (Å²) in [6, 6.07) is 8.25. The van der Waals surface area contributed by atoms with Crippen LogP contribution in [-0.2, 0) is 10.8 Å². The summed E-state index contributed by atoms with van der Waals surface area (Å²) >= 11 is 0. The van der Waals surface area contributed by atoms with Crippen molar-refractivity contribution in [1.82, 2.24) is 0 Å². The van der Waals surface area contributed by atoms with E-state index in [0.29, 0.717) is 0 Å². The first-order valence-corrected chi connectivity index (χ1v) is 12.7. The Morgan fingerprint density at radius 1 is 1.14 bits per heavy atom. The van der Waals surface area contributed by atoms with E-state index >= 15 is 0 Å². The summed E-state index contributed by atoms with van der Waals surface area (Å²) in [7, 11) is -2.06. The summed E-state index contributed by atoms with van der Waals surface area (Å²) in [5.41, 5.74) is 0.868. The molecule has 0 N–H and O–H groups in total. The molecule has 2 aliphatic rings. The SMILES string of the molecule is C[Si](C)(C)c1cccc(C(=O)C2CC3CCC(C2)S3=O)c1. The van der Waals surface area contributed by atoms with Gasteiger partial charge in [-0.1, -0.05) is 49.1 Å². The molecule has 0 aromatic heterocycles. The smallest absolute Gasteiger partial charge is 0.166 e. The minimum absolute atomic E-state index is 0.0945. The van der Waals surface area contributed by atoms with Gasteiger partial charge in [-0.05, 0) is 25.7 Å².